The molecule has 5 nitrogen and oxygen atoms in total. The standard InChI is InChI=1S/C10H19N3O2/c1-10(2,6-3-4-6)13-9(15)7(11)5-8(12)14/h6-7H,3-5,11H2,1-2H3,(H2,12,14)(H,13,15). The zero-order valence-corrected chi connectivity index (χ0v) is 9.25. The molecule has 15 heavy (non-hydrogen) atoms. The molecular formula is C10H19N3O2. The Hall–Kier alpha value is -1.10. The third kappa shape index (κ3) is 3.51. The maximum atomic E-state index is 11.6. The highest BCUT2D eigenvalue weighted by molar-refractivity contribution is 5.87. The van der Waals surface area contributed by atoms with Crippen molar-refractivity contribution in [3.63, 3.8) is 0 Å². The number of nitrogens with one attached hydrogen (secondary N) is 1. The number of carbonyl (C=O) groups is 2. The summed E-state index contributed by atoms with van der Waals surface area (Å²) >= 11 is 0. The molecular weight excluding hydrogens is 194 g/mol. The molecule has 0 aromatic rings. The molecule has 0 aromatic heterocycles. The Labute approximate surface area is 89.6 Å². The van der Waals surface area contributed by atoms with E-state index in [1.807, 2.05) is 13.8 Å². The predicted molar refractivity (Wildman–Crippen MR) is 56.7 cm³/mol. The average Bonchev–Trinajstić information content (AvgIpc) is 2.83. The highest BCUT2D eigenvalue weighted by atomic mass is 16.2. The summed E-state index contributed by atoms with van der Waals surface area (Å²) in [6, 6.07) is -0.833. The van der Waals surface area contributed by atoms with E-state index in [1.54, 1.807) is 0 Å². The highest BCUT2D eigenvalue weighted by Gasteiger charge is 2.39. The van der Waals surface area contributed by atoms with Crippen molar-refractivity contribution < 1.29 is 9.59 Å². The van der Waals surface area contributed by atoms with Gasteiger partial charge in [0.2, 0.25) is 11.8 Å². The minimum absolute atomic E-state index is 0.105. The average molecular weight is 213 g/mol. The number of nitrogens with two attached hydrogens (primary N) is 2. The molecule has 0 heterocycles. The summed E-state index contributed by atoms with van der Waals surface area (Å²) in [4.78, 5) is 22.2. The summed E-state index contributed by atoms with van der Waals surface area (Å²) < 4.78 is 0. The molecule has 1 unspecified atom stereocenters. The van der Waals surface area contributed by atoms with Crippen LogP contribution in [0.1, 0.15) is 33.1 Å². The van der Waals surface area contributed by atoms with Gasteiger partial charge in [0.15, 0.2) is 0 Å². The van der Waals surface area contributed by atoms with E-state index in [0.29, 0.717) is 5.92 Å². The van der Waals surface area contributed by atoms with Gasteiger partial charge in [0.25, 0.3) is 0 Å². The van der Waals surface area contributed by atoms with Crippen LogP contribution >= 0.6 is 0 Å². The van der Waals surface area contributed by atoms with E-state index < -0.39 is 11.9 Å². The quantitative estimate of drug-likeness (QED) is 0.574. The zero-order valence-electron chi connectivity index (χ0n) is 9.25. The van der Waals surface area contributed by atoms with E-state index >= 15 is 0 Å². The van der Waals surface area contributed by atoms with Gasteiger partial charge < -0.3 is 16.8 Å². The Morgan fingerprint density at radius 2 is 2.00 bits per heavy atom. The molecule has 1 aliphatic rings. The van der Waals surface area contributed by atoms with Gasteiger partial charge in [-0.05, 0) is 32.6 Å². The largest absolute Gasteiger partial charge is 0.370 e. The fourth-order valence-corrected chi connectivity index (χ4v) is 1.63. The van der Waals surface area contributed by atoms with Gasteiger partial charge in [-0.15, -0.1) is 0 Å². The van der Waals surface area contributed by atoms with Gasteiger partial charge in [-0.25, -0.2) is 0 Å². The molecule has 2 amide bonds. The summed E-state index contributed by atoms with van der Waals surface area (Å²) in [5.41, 5.74) is 10.3. The van der Waals surface area contributed by atoms with E-state index in [9.17, 15) is 9.59 Å². The van der Waals surface area contributed by atoms with Crippen LogP contribution in [-0.2, 0) is 9.59 Å². The molecule has 1 saturated carbocycles. The normalized spacial score (nSPS) is 18.3. The van der Waals surface area contributed by atoms with E-state index in [1.165, 1.54) is 0 Å². The van der Waals surface area contributed by atoms with Crippen molar-refractivity contribution in [2.75, 3.05) is 0 Å². The van der Waals surface area contributed by atoms with Crippen LogP contribution in [-0.4, -0.2) is 23.4 Å². The van der Waals surface area contributed by atoms with E-state index in [4.69, 9.17) is 11.5 Å². The van der Waals surface area contributed by atoms with Gasteiger partial charge in [0.05, 0.1) is 12.5 Å². The summed E-state index contributed by atoms with van der Waals surface area (Å²) in [7, 11) is 0. The van der Waals surface area contributed by atoms with E-state index in [0.717, 1.165) is 12.8 Å². The van der Waals surface area contributed by atoms with Crippen LogP contribution < -0.4 is 16.8 Å². The maximum absolute atomic E-state index is 11.6. The van der Waals surface area contributed by atoms with Crippen LogP contribution in [0.25, 0.3) is 0 Å². The molecule has 1 fully saturated rings. The molecule has 5 N–H and O–H groups in total. The lowest BCUT2D eigenvalue weighted by molar-refractivity contribution is -0.127. The van der Waals surface area contributed by atoms with Gasteiger partial charge >= 0.3 is 0 Å². The molecule has 1 rings (SSSR count). The van der Waals surface area contributed by atoms with Crippen molar-refractivity contribution in [3.05, 3.63) is 0 Å². The first-order valence-corrected chi connectivity index (χ1v) is 5.19. The van der Waals surface area contributed by atoms with Gasteiger partial charge in [0, 0.05) is 5.54 Å². The van der Waals surface area contributed by atoms with E-state index in [2.05, 4.69) is 5.32 Å². The Bertz CT molecular complexity index is 272. The van der Waals surface area contributed by atoms with Crippen LogP contribution in [0.5, 0.6) is 0 Å². The maximum Gasteiger partial charge on any atom is 0.237 e. The van der Waals surface area contributed by atoms with Gasteiger partial charge in [-0.3, -0.25) is 9.59 Å². The lowest BCUT2D eigenvalue weighted by Gasteiger charge is -2.27. The Balaban J connectivity index is 2.43. The molecule has 0 bridgehead atoms. The molecule has 0 radical (unpaired) electrons. The molecule has 86 valence electrons. The fraction of sp³-hybridized carbons (Fsp3) is 0.800. The smallest absolute Gasteiger partial charge is 0.237 e. The summed E-state index contributed by atoms with van der Waals surface area (Å²) in [6.45, 7) is 3.94. The molecule has 1 atom stereocenters. The van der Waals surface area contributed by atoms with Crippen LogP contribution in [0.4, 0.5) is 0 Å². The van der Waals surface area contributed by atoms with E-state index in [-0.39, 0.29) is 17.9 Å². The third-order valence-corrected chi connectivity index (χ3v) is 2.80. The van der Waals surface area contributed by atoms with Crippen molar-refractivity contribution >= 4 is 11.8 Å². The predicted octanol–water partition coefficient (Wildman–Crippen LogP) is -0.506. The second kappa shape index (κ2) is 4.18. The van der Waals surface area contributed by atoms with Crippen LogP contribution in [0.3, 0.4) is 0 Å². The number of hydrogen-bond donors (Lipinski definition) is 3. The van der Waals surface area contributed by atoms with Crippen LogP contribution in [0.2, 0.25) is 0 Å². The van der Waals surface area contributed by atoms with Crippen LogP contribution in [0, 0.1) is 5.92 Å². The number of primary amides is 1. The molecule has 0 aliphatic heterocycles. The second-order valence-electron chi connectivity index (χ2n) is 4.76. The topological polar surface area (TPSA) is 98.2 Å². The summed E-state index contributed by atoms with van der Waals surface area (Å²) in [5.74, 6) is -0.324. The summed E-state index contributed by atoms with van der Waals surface area (Å²) in [5, 5.41) is 2.85. The van der Waals surface area contributed by atoms with Crippen molar-refractivity contribution in [3.8, 4) is 0 Å². The molecule has 0 aromatic carbocycles. The first-order chi connectivity index (χ1) is 6.83. The lowest BCUT2D eigenvalue weighted by Crippen LogP contribution is -2.52. The minimum Gasteiger partial charge on any atom is -0.370 e. The van der Waals surface area contributed by atoms with Crippen molar-refractivity contribution in [2.45, 2.75) is 44.7 Å². The minimum atomic E-state index is -0.833. The number of rotatable bonds is 5. The highest BCUT2D eigenvalue weighted by Crippen LogP contribution is 2.39. The number of carbonyl (C=O) groups excluding carboxylic acids is 2. The first-order valence-electron chi connectivity index (χ1n) is 5.19. The SMILES string of the molecule is CC(C)(NC(=O)C(N)CC(N)=O)C1CC1. The second-order valence-corrected chi connectivity index (χ2v) is 4.76. The fourth-order valence-electron chi connectivity index (χ4n) is 1.63. The van der Waals surface area contributed by atoms with Crippen molar-refractivity contribution in [1.82, 2.24) is 5.32 Å². The van der Waals surface area contributed by atoms with Crippen LogP contribution in [0.15, 0.2) is 0 Å². The monoisotopic (exact) mass is 213 g/mol. The molecule has 5 heteroatoms. The van der Waals surface area contributed by atoms with Gasteiger partial charge in [-0.2, -0.15) is 0 Å². The van der Waals surface area contributed by atoms with Gasteiger partial charge in [0.1, 0.15) is 0 Å². The van der Waals surface area contributed by atoms with Crippen molar-refractivity contribution in [2.24, 2.45) is 17.4 Å². The zero-order chi connectivity index (χ0) is 11.6. The first kappa shape index (κ1) is 12.0. The number of amides is 2. The number of hydrogen-bond acceptors (Lipinski definition) is 3. The Morgan fingerprint density at radius 1 is 1.47 bits per heavy atom. The summed E-state index contributed by atoms with van der Waals surface area (Å²) in [6.07, 6.45) is 2.17. The van der Waals surface area contributed by atoms with Gasteiger partial charge in [-0.1, -0.05) is 0 Å². The molecule has 1 aliphatic carbocycles. The third-order valence-electron chi connectivity index (χ3n) is 2.80. The Kier molecular flexibility index (Phi) is 3.34. The Morgan fingerprint density at radius 3 is 2.40 bits per heavy atom. The lowest BCUT2D eigenvalue weighted by atomic mass is 9.98. The molecule has 0 saturated heterocycles. The molecule has 0 spiro atoms. The van der Waals surface area contributed by atoms with Crippen molar-refractivity contribution in [1.29, 1.82) is 0 Å².